The summed E-state index contributed by atoms with van der Waals surface area (Å²) >= 11 is 0. The fourth-order valence-corrected chi connectivity index (χ4v) is 8.04. The molecule has 4 aliphatic heterocycles. The molecule has 0 aliphatic carbocycles. The number of carbonyl (C=O) groups excluding carboxylic acids is 3. The highest BCUT2D eigenvalue weighted by Gasteiger charge is 2.61. The van der Waals surface area contributed by atoms with Crippen molar-refractivity contribution in [2.45, 2.75) is 154 Å². The quantitative estimate of drug-likeness (QED) is 0.0508. The molecule has 0 radical (unpaired) electrons. The zero-order chi connectivity index (χ0) is 51.2. The molecular formula is C36H59N3O29. The summed E-state index contributed by atoms with van der Waals surface area (Å²) in [5.74, 6) is -13.8. The predicted molar refractivity (Wildman–Crippen MR) is 206 cm³/mol. The summed E-state index contributed by atoms with van der Waals surface area (Å²) in [6, 6.07) is -5.44. The average molecular weight is 998 g/mol. The van der Waals surface area contributed by atoms with E-state index in [1.165, 1.54) is 0 Å². The standard InChI is InChI=1S/C36H59N3O29/c1-10(45)37-21-27(25(55)16(63-31(21)57)9-62-35(33(58)59)2-11(46)19(38-17(50)7-43)28(66-35)22(52)13(48)4-40)65-32-26(56)30(24(54)15(6-42)64-32)68-36(34(60)61)3-12(47)20(39-18(51)8-44)29(67-36)23(53)14(49)5-41/h11-16,19-32,40-44,46-49,52-57H,2-9H2,1H3,(H,37,45)(H,38,50)(H,39,51)(H,58,59)(H,60,61)/t11-,12-,13+,14+,15+,16+,19+,20+,21+,22+,23+,24-,25-,26+,27+,28+,29+,30-,31?,32?,35?,36?/m0/s1. The molecule has 4 saturated heterocycles. The summed E-state index contributed by atoms with van der Waals surface area (Å²) in [6.45, 7) is -6.09. The second-order valence-corrected chi connectivity index (χ2v) is 16.3. The van der Waals surface area contributed by atoms with Gasteiger partial charge in [-0.3, -0.25) is 14.4 Å². The van der Waals surface area contributed by atoms with Crippen molar-refractivity contribution >= 4 is 29.7 Å². The molecule has 4 fully saturated rings. The number of aliphatic hydroxyl groups excluding tert-OH is 15. The van der Waals surface area contributed by atoms with Crippen LogP contribution in [0.1, 0.15) is 19.8 Å². The van der Waals surface area contributed by atoms with Gasteiger partial charge in [-0.15, -0.1) is 0 Å². The molecule has 4 rings (SSSR count). The van der Waals surface area contributed by atoms with Crippen molar-refractivity contribution in [3.63, 3.8) is 0 Å². The topological polar surface area (TPSA) is 530 Å². The van der Waals surface area contributed by atoms with E-state index >= 15 is 0 Å². The third-order valence-electron chi connectivity index (χ3n) is 11.6. The summed E-state index contributed by atoms with van der Waals surface area (Å²) in [4.78, 5) is 62.1. The number of carboxylic acid groups (broad SMARTS) is 2. The van der Waals surface area contributed by atoms with Crippen molar-refractivity contribution in [3.05, 3.63) is 0 Å². The SMILES string of the molecule is CC(=O)N[C@H]1C(O)O[C@H](COC2(C(=O)O)C[C@H](O)[C@@H](NC(=O)CO)[C@H]([C@H](O)[C@H](O)CO)O2)[C@H](O)[C@@H]1OC1O[C@H](CO)[C@H](O)[C@H](OC2(C(=O)O)C[C@H](O)[C@@H](NC(=O)CO)[C@H]([C@H](O)[C@H](O)CO)O2)[C@H]1O. The van der Waals surface area contributed by atoms with Crippen molar-refractivity contribution in [2.24, 2.45) is 0 Å². The van der Waals surface area contributed by atoms with Crippen LogP contribution in [0.2, 0.25) is 0 Å². The predicted octanol–water partition coefficient (Wildman–Crippen LogP) is -13.0. The zero-order valence-corrected chi connectivity index (χ0v) is 35.7. The number of rotatable bonds is 21. The smallest absolute Gasteiger partial charge is 0.364 e. The summed E-state index contributed by atoms with van der Waals surface area (Å²) < 4.78 is 38.9. The maximum Gasteiger partial charge on any atom is 0.364 e. The largest absolute Gasteiger partial charge is 0.477 e. The van der Waals surface area contributed by atoms with Gasteiger partial charge in [-0.1, -0.05) is 0 Å². The molecule has 0 spiro atoms. The van der Waals surface area contributed by atoms with Crippen LogP contribution < -0.4 is 16.0 Å². The summed E-state index contributed by atoms with van der Waals surface area (Å²) in [6.07, 6.45) is -39.4. The van der Waals surface area contributed by atoms with E-state index in [4.69, 9.17) is 33.2 Å². The number of hydrogen-bond donors (Lipinski definition) is 20. The van der Waals surface area contributed by atoms with Gasteiger partial charge in [0.05, 0.1) is 50.7 Å². The highest BCUT2D eigenvalue weighted by molar-refractivity contribution is 5.79. The van der Waals surface area contributed by atoms with E-state index in [0.717, 1.165) is 6.92 Å². The van der Waals surface area contributed by atoms with Gasteiger partial charge < -0.3 is 136 Å². The van der Waals surface area contributed by atoms with Crippen molar-refractivity contribution in [1.29, 1.82) is 0 Å². The van der Waals surface area contributed by atoms with Gasteiger partial charge in [0, 0.05) is 19.8 Å². The van der Waals surface area contributed by atoms with Crippen molar-refractivity contribution in [3.8, 4) is 0 Å². The first-order chi connectivity index (χ1) is 31.8. The van der Waals surface area contributed by atoms with E-state index in [2.05, 4.69) is 16.0 Å². The molecule has 0 aromatic carbocycles. The van der Waals surface area contributed by atoms with Crippen LogP contribution in [0, 0.1) is 0 Å². The number of ether oxygens (including phenoxy) is 7. The highest BCUT2D eigenvalue weighted by atomic mass is 16.8. The Kier molecular flexibility index (Phi) is 20.2. The molecular weight excluding hydrogens is 938 g/mol. The fourth-order valence-electron chi connectivity index (χ4n) is 8.04. The van der Waals surface area contributed by atoms with E-state index in [0.29, 0.717) is 0 Å². The number of nitrogens with one attached hydrogen (secondary N) is 3. The van der Waals surface area contributed by atoms with Crippen LogP contribution in [0.15, 0.2) is 0 Å². The number of carbonyl (C=O) groups is 5. The first-order valence-corrected chi connectivity index (χ1v) is 20.7. The van der Waals surface area contributed by atoms with Gasteiger partial charge in [-0.25, -0.2) is 9.59 Å². The van der Waals surface area contributed by atoms with Crippen LogP contribution in [0.5, 0.6) is 0 Å². The third-order valence-corrected chi connectivity index (χ3v) is 11.6. The molecule has 4 heterocycles. The summed E-state index contributed by atoms with van der Waals surface area (Å²) in [5, 5.41) is 184. The Morgan fingerprint density at radius 3 is 1.54 bits per heavy atom. The molecule has 4 unspecified atom stereocenters. The van der Waals surface area contributed by atoms with Crippen LogP contribution in [-0.2, 0) is 57.1 Å². The van der Waals surface area contributed by atoms with Crippen LogP contribution >= 0.6 is 0 Å². The summed E-state index contributed by atoms with van der Waals surface area (Å²) in [7, 11) is 0. The molecule has 22 atom stereocenters. The van der Waals surface area contributed by atoms with Crippen molar-refractivity contribution in [2.75, 3.05) is 39.6 Å². The maximum absolute atomic E-state index is 12.9. The maximum atomic E-state index is 12.9. The fraction of sp³-hybridized carbons (Fsp3) is 0.861. The minimum Gasteiger partial charge on any atom is -0.477 e. The lowest BCUT2D eigenvalue weighted by atomic mass is 9.88. The number of amides is 3. The Bertz CT molecular complexity index is 1720. The average Bonchev–Trinajstić information content (AvgIpc) is 3.30. The second-order valence-electron chi connectivity index (χ2n) is 16.3. The molecule has 0 saturated carbocycles. The molecule has 32 heteroatoms. The van der Waals surface area contributed by atoms with Crippen LogP contribution in [0.4, 0.5) is 0 Å². The van der Waals surface area contributed by atoms with Gasteiger partial charge in [0.25, 0.3) is 11.6 Å². The molecule has 4 aliphatic rings. The molecule has 3 amide bonds. The minimum atomic E-state index is -3.27. The highest BCUT2D eigenvalue weighted by Crippen LogP contribution is 2.39. The second kappa shape index (κ2) is 24.1. The van der Waals surface area contributed by atoms with E-state index in [-0.39, 0.29) is 0 Å². The Morgan fingerprint density at radius 2 is 1.10 bits per heavy atom. The number of aliphatic hydroxyl groups is 15. The minimum absolute atomic E-state index is 0.914. The van der Waals surface area contributed by atoms with Gasteiger partial charge >= 0.3 is 11.9 Å². The van der Waals surface area contributed by atoms with Gasteiger partial charge in [-0.05, 0) is 0 Å². The molecule has 392 valence electrons. The molecule has 0 bridgehead atoms. The Morgan fingerprint density at radius 1 is 0.632 bits per heavy atom. The van der Waals surface area contributed by atoms with E-state index in [1.807, 2.05) is 0 Å². The monoisotopic (exact) mass is 997 g/mol. The summed E-state index contributed by atoms with van der Waals surface area (Å²) in [5.41, 5.74) is 0. The number of carboxylic acids is 2. The lowest BCUT2D eigenvalue weighted by Crippen LogP contribution is -2.71. The third kappa shape index (κ3) is 12.5. The van der Waals surface area contributed by atoms with Crippen molar-refractivity contribution < 1.29 is 144 Å². The zero-order valence-electron chi connectivity index (χ0n) is 35.7. The molecule has 32 nitrogen and oxygen atoms in total. The van der Waals surface area contributed by atoms with Crippen LogP contribution in [0.25, 0.3) is 0 Å². The Hall–Kier alpha value is -3.53. The first-order valence-electron chi connectivity index (χ1n) is 20.7. The molecule has 0 aromatic rings. The van der Waals surface area contributed by atoms with Crippen molar-refractivity contribution in [1.82, 2.24) is 16.0 Å². The van der Waals surface area contributed by atoms with Gasteiger partial charge in [0.2, 0.25) is 17.7 Å². The van der Waals surface area contributed by atoms with E-state index in [1.54, 1.807) is 0 Å². The molecule has 0 aromatic heterocycles. The molecule has 20 N–H and O–H groups in total. The normalized spacial score (nSPS) is 40.5. The van der Waals surface area contributed by atoms with Gasteiger partial charge in [-0.2, -0.15) is 0 Å². The Labute approximate surface area is 382 Å². The lowest BCUT2D eigenvalue weighted by molar-refractivity contribution is -0.382. The van der Waals surface area contributed by atoms with Gasteiger partial charge in [0.15, 0.2) is 12.6 Å². The van der Waals surface area contributed by atoms with Crippen LogP contribution in [-0.4, -0.2) is 290 Å². The Balaban J connectivity index is 1.67. The molecule has 68 heavy (non-hydrogen) atoms. The lowest BCUT2D eigenvalue weighted by Gasteiger charge is -2.51. The van der Waals surface area contributed by atoms with E-state index < -0.39 is 216 Å². The van der Waals surface area contributed by atoms with Gasteiger partial charge in [0.1, 0.15) is 98.6 Å². The van der Waals surface area contributed by atoms with Crippen LogP contribution in [0.3, 0.4) is 0 Å². The number of hydrogen-bond acceptors (Lipinski definition) is 27. The number of aliphatic carboxylic acids is 2. The van der Waals surface area contributed by atoms with E-state index in [9.17, 15) is 111 Å². The first kappa shape index (κ1) is 57.1.